The molecule has 1 unspecified atom stereocenters. The Bertz CT molecular complexity index is 419. The van der Waals surface area contributed by atoms with Gasteiger partial charge in [0.05, 0.1) is 5.54 Å². The molecule has 1 fully saturated rings. The fraction of sp³-hybridized carbons (Fsp3) is 0.462. The summed E-state index contributed by atoms with van der Waals surface area (Å²) < 4.78 is 26.1. The molecule has 92 valence electrons. The number of Topliss-reactive ketones (excluding diaryl/α,β-unsaturated/α-hetero) is 1. The first-order chi connectivity index (χ1) is 8.01. The molecular weight excluding hydrogens is 224 g/mol. The van der Waals surface area contributed by atoms with Gasteiger partial charge in [0, 0.05) is 11.6 Å². The van der Waals surface area contributed by atoms with Gasteiger partial charge in [-0.2, -0.15) is 0 Å². The maximum Gasteiger partial charge on any atom is 0.182 e. The first-order valence-electron chi connectivity index (χ1n) is 5.77. The molecule has 1 N–H and O–H groups in total. The minimum Gasteiger partial charge on any atom is -0.305 e. The molecule has 0 radical (unpaired) electrons. The molecule has 17 heavy (non-hydrogen) atoms. The molecular formula is C13H15F2NO. The van der Waals surface area contributed by atoms with E-state index in [2.05, 4.69) is 5.32 Å². The van der Waals surface area contributed by atoms with E-state index in [-0.39, 0.29) is 11.3 Å². The lowest BCUT2D eigenvalue weighted by Crippen LogP contribution is -2.52. The largest absolute Gasteiger partial charge is 0.305 e. The summed E-state index contributed by atoms with van der Waals surface area (Å²) in [7, 11) is 0. The van der Waals surface area contributed by atoms with Crippen molar-refractivity contribution in [2.75, 3.05) is 6.54 Å². The summed E-state index contributed by atoms with van der Waals surface area (Å²) in [5.41, 5.74) is -0.599. The van der Waals surface area contributed by atoms with Gasteiger partial charge in [-0.25, -0.2) is 8.78 Å². The normalized spacial score (nSPS) is 24.6. The molecule has 1 aromatic carbocycles. The van der Waals surface area contributed by atoms with Crippen molar-refractivity contribution in [3.8, 4) is 0 Å². The lowest BCUT2D eigenvalue weighted by Gasteiger charge is -2.33. The number of ketones is 1. The summed E-state index contributed by atoms with van der Waals surface area (Å²) in [6, 6.07) is 2.95. The van der Waals surface area contributed by atoms with E-state index in [1.807, 2.05) is 0 Å². The number of carbonyl (C=O) groups is 1. The van der Waals surface area contributed by atoms with E-state index >= 15 is 0 Å². The van der Waals surface area contributed by atoms with E-state index in [1.165, 1.54) is 0 Å². The highest BCUT2D eigenvalue weighted by Crippen LogP contribution is 2.24. The smallest absolute Gasteiger partial charge is 0.182 e. The molecule has 2 nitrogen and oxygen atoms in total. The predicted molar refractivity (Wildman–Crippen MR) is 60.9 cm³/mol. The molecule has 0 amide bonds. The summed E-state index contributed by atoms with van der Waals surface area (Å²) in [4.78, 5) is 12.2. The van der Waals surface area contributed by atoms with E-state index < -0.39 is 17.2 Å². The zero-order chi connectivity index (χ0) is 12.5. The monoisotopic (exact) mass is 239 g/mol. The van der Waals surface area contributed by atoms with Crippen molar-refractivity contribution < 1.29 is 13.6 Å². The summed E-state index contributed by atoms with van der Waals surface area (Å²) in [6.07, 6.45) is 2.68. The van der Waals surface area contributed by atoms with Crippen LogP contribution < -0.4 is 5.32 Å². The lowest BCUT2D eigenvalue weighted by atomic mass is 9.84. The Morgan fingerprint density at radius 2 is 1.88 bits per heavy atom. The van der Waals surface area contributed by atoms with Crippen LogP contribution in [-0.2, 0) is 0 Å². The molecule has 1 aliphatic heterocycles. The van der Waals surface area contributed by atoms with Crippen LogP contribution in [0.4, 0.5) is 8.78 Å². The molecule has 0 aliphatic carbocycles. The molecule has 1 saturated heterocycles. The Balaban J connectivity index is 2.29. The highest BCUT2D eigenvalue weighted by molar-refractivity contribution is 6.03. The molecule has 0 bridgehead atoms. The van der Waals surface area contributed by atoms with E-state index in [1.54, 1.807) is 6.92 Å². The summed E-state index contributed by atoms with van der Waals surface area (Å²) in [5, 5.41) is 3.14. The third-order valence-corrected chi connectivity index (χ3v) is 3.24. The van der Waals surface area contributed by atoms with Crippen LogP contribution in [0.3, 0.4) is 0 Å². The van der Waals surface area contributed by atoms with Gasteiger partial charge in [0.15, 0.2) is 5.78 Å². The quantitative estimate of drug-likeness (QED) is 0.804. The maximum absolute atomic E-state index is 13.1. The van der Waals surface area contributed by atoms with Gasteiger partial charge in [0.2, 0.25) is 0 Å². The van der Waals surface area contributed by atoms with Gasteiger partial charge >= 0.3 is 0 Å². The number of benzene rings is 1. The Morgan fingerprint density at radius 1 is 1.24 bits per heavy atom. The van der Waals surface area contributed by atoms with Gasteiger partial charge in [0.1, 0.15) is 11.6 Å². The van der Waals surface area contributed by atoms with Crippen LogP contribution in [0.15, 0.2) is 18.2 Å². The van der Waals surface area contributed by atoms with Crippen molar-refractivity contribution in [1.82, 2.24) is 5.32 Å². The molecule has 0 spiro atoms. The Hall–Kier alpha value is -1.29. The molecule has 1 aliphatic rings. The van der Waals surface area contributed by atoms with Gasteiger partial charge in [-0.1, -0.05) is 0 Å². The third-order valence-electron chi connectivity index (χ3n) is 3.24. The Kier molecular flexibility index (Phi) is 3.24. The molecule has 1 aromatic rings. The molecule has 1 heterocycles. The van der Waals surface area contributed by atoms with Crippen LogP contribution in [0.1, 0.15) is 36.5 Å². The van der Waals surface area contributed by atoms with Crippen LogP contribution in [-0.4, -0.2) is 17.9 Å². The molecule has 4 heteroatoms. The van der Waals surface area contributed by atoms with Gasteiger partial charge in [-0.3, -0.25) is 4.79 Å². The number of nitrogens with one attached hydrogen (secondary N) is 1. The van der Waals surface area contributed by atoms with E-state index in [0.29, 0.717) is 6.42 Å². The highest BCUT2D eigenvalue weighted by atomic mass is 19.1. The summed E-state index contributed by atoms with van der Waals surface area (Å²) >= 11 is 0. The van der Waals surface area contributed by atoms with Gasteiger partial charge in [-0.05, 0) is 44.9 Å². The van der Waals surface area contributed by atoms with E-state index in [0.717, 1.165) is 37.6 Å². The van der Waals surface area contributed by atoms with Crippen molar-refractivity contribution in [3.05, 3.63) is 35.4 Å². The first-order valence-corrected chi connectivity index (χ1v) is 5.77. The average Bonchev–Trinajstić information content (AvgIpc) is 2.27. The second-order valence-corrected chi connectivity index (χ2v) is 4.70. The molecule has 0 aromatic heterocycles. The van der Waals surface area contributed by atoms with Crippen LogP contribution in [0.25, 0.3) is 0 Å². The maximum atomic E-state index is 13.1. The average molecular weight is 239 g/mol. The van der Waals surface area contributed by atoms with Crippen molar-refractivity contribution in [1.29, 1.82) is 0 Å². The summed E-state index contributed by atoms with van der Waals surface area (Å²) in [5.74, 6) is -1.67. The molecule has 1 atom stereocenters. The van der Waals surface area contributed by atoms with Crippen molar-refractivity contribution in [2.24, 2.45) is 0 Å². The van der Waals surface area contributed by atoms with Crippen LogP contribution in [0.5, 0.6) is 0 Å². The topological polar surface area (TPSA) is 29.1 Å². The standard InChI is InChI=1S/C13H15F2NO/c1-13(4-2-3-5-16-13)12(17)9-6-10(14)8-11(15)7-9/h6-8,16H,2-5H2,1H3. The number of hydrogen-bond donors (Lipinski definition) is 1. The zero-order valence-corrected chi connectivity index (χ0v) is 9.72. The number of hydrogen-bond acceptors (Lipinski definition) is 2. The van der Waals surface area contributed by atoms with Crippen LogP contribution in [0.2, 0.25) is 0 Å². The fourth-order valence-electron chi connectivity index (χ4n) is 2.25. The Labute approximate surface area is 99.0 Å². The highest BCUT2D eigenvalue weighted by Gasteiger charge is 2.35. The predicted octanol–water partition coefficient (Wildman–Crippen LogP) is 2.68. The third kappa shape index (κ3) is 2.52. The fourth-order valence-corrected chi connectivity index (χ4v) is 2.25. The number of carbonyl (C=O) groups excluding carboxylic acids is 1. The van der Waals surface area contributed by atoms with E-state index in [9.17, 15) is 13.6 Å². The summed E-state index contributed by atoms with van der Waals surface area (Å²) in [6.45, 7) is 2.55. The van der Waals surface area contributed by atoms with Gasteiger partial charge < -0.3 is 5.32 Å². The number of rotatable bonds is 2. The van der Waals surface area contributed by atoms with Crippen molar-refractivity contribution in [2.45, 2.75) is 31.7 Å². The second-order valence-electron chi connectivity index (χ2n) is 4.70. The number of piperidine rings is 1. The minimum absolute atomic E-state index is 0.0967. The second kappa shape index (κ2) is 4.53. The van der Waals surface area contributed by atoms with Crippen LogP contribution >= 0.6 is 0 Å². The first kappa shape index (κ1) is 12.2. The van der Waals surface area contributed by atoms with Crippen LogP contribution in [0, 0.1) is 11.6 Å². The van der Waals surface area contributed by atoms with E-state index in [4.69, 9.17) is 0 Å². The zero-order valence-electron chi connectivity index (χ0n) is 9.72. The Morgan fingerprint density at radius 3 is 2.41 bits per heavy atom. The number of halogens is 2. The van der Waals surface area contributed by atoms with Gasteiger partial charge in [0.25, 0.3) is 0 Å². The SMILES string of the molecule is CC1(C(=O)c2cc(F)cc(F)c2)CCCCN1. The molecule has 2 rings (SSSR count). The van der Waals surface area contributed by atoms with Gasteiger partial charge in [-0.15, -0.1) is 0 Å². The van der Waals surface area contributed by atoms with Crippen molar-refractivity contribution >= 4 is 5.78 Å². The van der Waals surface area contributed by atoms with Crippen molar-refractivity contribution in [3.63, 3.8) is 0 Å². The lowest BCUT2D eigenvalue weighted by molar-refractivity contribution is 0.0834. The minimum atomic E-state index is -0.715. The molecule has 0 saturated carbocycles.